The zero-order chi connectivity index (χ0) is 30.2. The summed E-state index contributed by atoms with van der Waals surface area (Å²) in [6.07, 6.45) is 12.1. The van der Waals surface area contributed by atoms with Crippen LogP contribution in [0.5, 0.6) is 0 Å². The van der Waals surface area contributed by atoms with Gasteiger partial charge in [0.15, 0.2) is 5.76 Å². The van der Waals surface area contributed by atoms with Crippen LogP contribution in [-0.4, -0.2) is 30.1 Å². The van der Waals surface area contributed by atoms with Crippen LogP contribution in [0.2, 0.25) is 0 Å². The van der Waals surface area contributed by atoms with E-state index >= 15 is 0 Å². The van der Waals surface area contributed by atoms with Crippen molar-refractivity contribution < 1.29 is 32.8 Å². The molecule has 0 aliphatic heterocycles. The summed E-state index contributed by atoms with van der Waals surface area (Å²) >= 11 is 0. The van der Waals surface area contributed by atoms with Gasteiger partial charge >= 0.3 is 13.8 Å². The molecule has 0 bridgehead atoms. The molecule has 5 rings (SSSR count). The van der Waals surface area contributed by atoms with E-state index < -0.39 is 19.2 Å². The largest absolute Gasteiger partial charge is 0.532 e. The first-order chi connectivity index (χ1) is 19.0. The SMILES string of the molecule is CCOP(=O)(OCC)OC(=O)[C@]1(C)CC[C@]2(C)CC[C@]3(C)C4=CC=C5C(=CC(=O)C(O)=C5C)[C@]4(C)CC[C@@]3(C)[C@@H]2C1. The Morgan fingerprint density at radius 3 is 2.24 bits per heavy atom. The molecule has 0 aromatic rings. The third kappa shape index (κ3) is 4.32. The second-order valence-corrected chi connectivity index (χ2v) is 15.9. The number of rotatable bonds is 6. The summed E-state index contributed by atoms with van der Waals surface area (Å²) in [5.41, 5.74) is 2.70. The molecular formula is C33H47O7P. The van der Waals surface area contributed by atoms with Gasteiger partial charge in [-0.3, -0.25) is 18.6 Å². The summed E-state index contributed by atoms with van der Waals surface area (Å²) in [6.45, 7) is 16.9. The monoisotopic (exact) mass is 586 g/mol. The molecule has 0 amide bonds. The Morgan fingerprint density at radius 1 is 0.976 bits per heavy atom. The lowest BCUT2D eigenvalue weighted by atomic mass is 9.34. The van der Waals surface area contributed by atoms with Crippen molar-refractivity contribution in [2.24, 2.45) is 33.0 Å². The molecule has 226 valence electrons. The lowest BCUT2D eigenvalue weighted by Crippen LogP contribution is -2.62. The molecule has 0 radical (unpaired) electrons. The number of aliphatic hydroxyl groups is 1. The molecule has 0 unspecified atom stereocenters. The molecule has 0 spiro atoms. The highest BCUT2D eigenvalue weighted by Crippen LogP contribution is 2.75. The molecule has 41 heavy (non-hydrogen) atoms. The van der Waals surface area contributed by atoms with Gasteiger partial charge in [0.05, 0.1) is 18.6 Å². The fourth-order valence-electron chi connectivity index (χ4n) is 9.26. The molecule has 3 fully saturated rings. The molecule has 1 N–H and O–H groups in total. The number of aliphatic hydroxyl groups excluding tert-OH is 1. The fraction of sp³-hybridized carbons (Fsp3) is 0.697. The van der Waals surface area contributed by atoms with Crippen molar-refractivity contribution >= 4 is 19.6 Å². The van der Waals surface area contributed by atoms with E-state index in [2.05, 4.69) is 39.8 Å². The summed E-state index contributed by atoms with van der Waals surface area (Å²) in [6, 6.07) is 0. The number of carbonyl (C=O) groups excluding carboxylic acids is 2. The minimum Gasteiger partial charge on any atom is -0.504 e. The third-order valence-electron chi connectivity index (χ3n) is 12.1. The predicted molar refractivity (Wildman–Crippen MR) is 158 cm³/mol. The van der Waals surface area contributed by atoms with Gasteiger partial charge in [0.2, 0.25) is 5.78 Å². The molecule has 0 saturated heterocycles. The van der Waals surface area contributed by atoms with Crippen molar-refractivity contribution in [3.05, 3.63) is 46.3 Å². The first kappa shape index (κ1) is 30.5. The zero-order valence-electron chi connectivity index (χ0n) is 26.0. The second-order valence-electron chi connectivity index (χ2n) is 14.3. The molecule has 6 atom stereocenters. The van der Waals surface area contributed by atoms with Crippen molar-refractivity contribution in [2.45, 2.75) is 100 Å². The predicted octanol–water partition coefficient (Wildman–Crippen LogP) is 8.34. The van der Waals surface area contributed by atoms with E-state index in [-0.39, 0.29) is 52.3 Å². The number of hydrogen-bond acceptors (Lipinski definition) is 7. The van der Waals surface area contributed by atoms with Gasteiger partial charge in [-0.15, -0.1) is 0 Å². The Labute approximate surface area is 245 Å². The maximum Gasteiger partial charge on any atom is 0.532 e. The summed E-state index contributed by atoms with van der Waals surface area (Å²) in [7, 11) is -3.97. The van der Waals surface area contributed by atoms with E-state index in [1.54, 1.807) is 19.9 Å². The number of fused-ring (bicyclic) bond motifs is 7. The quantitative estimate of drug-likeness (QED) is 0.312. The zero-order valence-corrected chi connectivity index (χ0v) is 26.9. The number of phosphoric acid groups is 1. The van der Waals surface area contributed by atoms with Gasteiger partial charge in [0.1, 0.15) is 0 Å². The molecule has 5 aliphatic carbocycles. The van der Waals surface area contributed by atoms with Crippen LogP contribution in [0.4, 0.5) is 0 Å². The highest BCUT2D eigenvalue weighted by atomic mass is 31.2. The van der Waals surface area contributed by atoms with Crippen molar-refractivity contribution in [3.8, 4) is 0 Å². The smallest absolute Gasteiger partial charge is 0.504 e. The van der Waals surface area contributed by atoms with Gasteiger partial charge in [0.25, 0.3) is 0 Å². The van der Waals surface area contributed by atoms with Gasteiger partial charge in [0, 0.05) is 11.0 Å². The van der Waals surface area contributed by atoms with Gasteiger partial charge in [-0.1, -0.05) is 45.4 Å². The van der Waals surface area contributed by atoms with E-state index in [0.717, 1.165) is 43.3 Å². The summed E-state index contributed by atoms with van der Waals surface area (Å²) < 4.78 is 29.2. The number of phosphoric ester groups is 1. The van der Waals surface area contributed by atoms with Gasteiger partial charge in [-0.2, -0.15) is 0 Å². The van der Waals surface area contributed by atoms with Gasteiger partial charge in [-0.05, 0) is 112 Å². The lowest BCUT2D eigenvalue weighted by Gasteiger charge is -2.70. The summed E-state index contributed by atoms with van der Waals surface area (Å²) in [5, 5.41) is 10.4. The molecule has 3 saturated carbocycles. The van der Waals surface area contributed by atoms with Gasteiger partial charge < -0.3 is 9.63 Å². The average molecular weight is 587 g/mol. The Kier molecular flexibility index (Phi) is 7.28. The van der Waals surface area contributed by atoms with Crippen LogP contribution in [0.15, 0.2) is 46.3 Å². The summed E-state index contributed by atoms with van der Waals surface area (Å²) in [4.78, 5) is 26.4. The highest BCUT2D eigenvalue weighted by molar-refractivity contribution is 7.49. The highest BCUT2D eigenvalue weighted by Gasteiger charge is 2.67. The second kappa shape index (κ2) is 9.79. The molecule has 0 heterocycles. The minimum atomic E-state index is -3.97. The van der Waals surface area contributed by atoms with Crippen molar-refractivity contribution in [1.82, 2.24) is 0 Å². The van der Waals surface area contributed by atoms with E-state index in [0.29, 0.717) is 18.4 Å². The van der Waals surface area contributed by atoms with Crippen LogP contribution in [0.1, 0.15) is 100 Å². The Balaban J connectivity index is 1.52. The van der Waals surface area contributed by atoms with Crippen molar-refractivity contribution in [2.75, 3.05) is 13.2 Å². The van der Waals surface area contributed by atoms with Crippen molar-refractivity contribution in [3.63, 3.8) is 0 Å². The molecular weight excluding hydrogens is 539 g/mol. The number of carbonyl (C=O) groups is 2. The van der Waals surface area contributed by atoms with Crippen LogP contribution in [0.3, 0.4) is 0 Å². The number of hydrogen-bond donors (Lipinski definition) is 1. The first-order valence-corrected chi connectivity index (χ1v) is 16.7. The fourth-order valence-corrected chi connectivity index (χ4v) is 10.5. The van der Waals surface area contributed by atoms with Crippen LogP contribution in [-0.2, 0) is 27.7 Å². The van der Waals surface area contributed by atoms with E-state index in [1.165, 1.54) is 5.57 Å². The van der Waals surface area contributed by atoms with E-state index in [1.807, 2.05) is 13.8 Å². The van der Waals surface area contributed by atoms with Crippen LogP contribution in [0, 0.1) is 33.0 Å². The maximum absolute atomic E-state index is 13.7. The average Bonchev–Trinajstić information content (AvgIpc) is 2.90. The van der Waals surface area contributed by atoms with Crippen LogP contribution in [0.25, 0.3) is 0 Å². The maximum atomic E-state index is 13.7. The molecule has 0 aromatic carbocycles. The minimum absolute atomic E-state index is 0.0761. The Morgan fingerprint density at radius 2 is 1.61 bits per heavy atom. The van der Waals surface area contributed by atoms with Crippen LogP contribution >= 0.6 is 7.82 Å². The topological polar surface area (TPSA) is 99.1 Å². The van der Waals surface area contributed by atoms with E-state index in [4.69, 9.17) is 13.6 Å². The normalized spacial score (nSPS) is 40.3. The molecule has 0 aromatic heterocycles. The Hall–Kier alpha value is -1.95. The lowest BCUT2D eigenvalue weighted by molar-refractivity contribution is -0.177. The molecule has 5 aliphatic rings. The summed E-state index contributed by atoms with van der Waals surface area (Å²) in [5.74, 6) is -0.738. The molecule has 7 nitrogen and oxygen atoms in total. The van der Waals surface area contributed by atoms with Crippen molar-refractivity contribution in [1.29, 1.82) is 0 Å². The third-order valence-corrected chi connectivity index (χ3v) is 13.7. The van der Waals surface area contributed by atoms with E-state index in [9.17, 15) is 19.3 Å². The molecule has 8 heteroatoms. The first-order valence-electron chi connectivity index (χ1n) is 15.3. The number of ketones is 1. The Bertz CT molecular complexity index is 1340. The number of allylic oxidation sites excluding steroid dienone is 7. The van der Waals surface area contributed by atoms with Crippen LogP contribution < -0.4 is 0 Å². The standard InChI is InChI=1S/C33H47O7P/c1-9-38-41(37,39-10-2)40-28(36)30(5)14-13-29(4)15-17-32(7)25-12-11-22-21(3)27(35)24(34)19-23(22)31(25,6)16-18-33(32,8)26(29)20-30/h11-12,19,26,35H,9-10,13-18,20H2,1-8H3/t26-,29-,30-,31+,32-,33+/m1/s1. The van der Waals surface area contributed by atoms with Gasteiger partial charge in [-0.25, -0.2) is 4.57 Å².